The molecule has 3 rings (SSSR count). The largest absolute Gasteiger partial charge is 0.496 e. The summed E-state index contributed by atoms with van der Waals surface area (Å²) in [6, 6.07) is 14.4. The van der Waals surface area contributed by atoms with E-state index in [2.05, 4.69) is 26.9 Å². The lowest BCUT2D eigenvalue weighted by Crippen LogP contribution is -2.49. The first kappa shape index (κ1) is 15.8. The van der Waals surface area contributed by atoms with Crippen molar-refractivity contribution in [3.8, 4) is 5.75 Å². The van der Waals surface area contributed by atoms with E-state index in [-0.39, 0.29) is 6.04 Å². The minimum Gasteiger partial charge on any atom is -0.496 e. The monoisotopic (exact) mass is 312 g/mol. The zero-order chi connectivity index (χ0) is 16.1. The summed E-state index contributed by atoms with van der Waals surface area (Å²) >= 11 is 0. The molecule has 5 nitrogen and oxygen atoms in total. The highest BCUT2D eigenvalue weighted by molar-refractivity contribution is 5.39. The van der Waals surface area contributed by atoms with Gasteiger partial charge in [-0.2, -0.15) is 0 Å². The van der Waals surface area contributed by atoms with Gasteiger partial charge in [0.2, 0.25) is 0 Å². The quantitative estimate of drug-likeness (QED) is 0.914. The molecule has 0 aliphatic carbocycles. The molecule has 5 heteroatoms. The van der Waals surface area contributed by atoms with E-state index in [9.17, 15) is 0 Å². The number of piperazine rings is 1. The first-order valence-corrected chi connectivity index (χ1v) is 8.06. The number of benzene rings is 1. The summed E-state index contributed by atoms with van der Waals surface area (Å²) in [6.45, 7) is 4.45. The number of methoxy groups -OCH3 is 1. The van der Waals surface area contributed by atoms with Crippen LogP contribution in [0.5, 0.6) is 5.75 Å². The molecule has 2 aromatic rings. The molecule has 1 aliphatic rings. The van der Waals surface area contributed by atoms with Gasteiger partial charge in [0.15, 0.2) is 0 Å². The molecular weight excluding hydrogens is 288 g/mol. The van der Waals surface area contributed by atoms with Gasteiger partial charge >= 0.3 is 0 Å². The van der Waals surface area contributed by atoms with Crippen LogP contribution in [0.25, 0.3) is 0 Å². The van der Waals surface area contributed by atoms with Crippen molar-refractivity contribution in [3.05, 3.63) is 54.2 Å². The molecule has 0 radical (unpaired) electrons. The van der Waals surface area contributed by atoms with Gasteiger partial charge in [-0.1, -0.05) is 24.3 Å². The number of ether oxygens (including phenoxy) is 1. The predicted octanol–water partition coefficient (Wildman–Crippen LogP) is 1.91. The maximum Gasteiger partial charge on any atom is 0.128 e. The number of rotatable bonds is 5. The molecule has 0 amide bonds. The van der Waals surface area contributed by atoms with Gasteiger partial charge in [-0.05, 0) is 18.2 Å². The number of hydrogen-bond donors (Lipinski definition) is 1. The van der Waals surface area contributed by atoms with Crippen LogP contribution in [0.15, 0.2) is 48.7 Å². The van der Waals surface area contributed by atoms with Crippen LogP contribution in [0.4, 0.5) is 5.82 Å². The number of nitrogens with two attached hydrogens (primary N) is 1. The van der Waals surface area contributed by atoms with Crippen molar-refractivity contribution < 1.29 is 4.74 Å². The molecule has 1 unspecified atom stereocenters. The van der Waals surface area contributed by atoms with Gasteiger partial charge < -0.3 is 15.4 Å². The molecule has 1 aromatic heterocycles. The Morgan fingerprint density at radius 3 is 2.48 bits per heavy atom. The maximum absolute atomic E-state index is 6.08. The van der Waals surface area contributed by atoms with E-state index in [1.54, 1.807) is 7.11 Å². The summed E-state index contributed by atoms with van der Waals surface area (Å²) < 4.78 is 5.51. The summed E-state index contributed by atoms with van der Waals surface area (Å²) in [6.07, 6.45) is 1.85. The number of hydrogen-bond acceptors (Lipinski definition) is 5. The number of nitrogens with zero attached hydrogens (tertiary/aromatic N) is 3. The molecule has 0 spiro atoms. The van der Waals surface area contributed by atoms with Crippen molar-refractivity contribution >= 4 is 5.82 Å². The Kier molecular flexibility index (Phi) is 5.10. The summed E-state index contributed by atoms with van der Waals surface area (Å²) in [5.74, 6) is 1.96. The molecule has 122 valence electrons. The molecule has 1 aliphatic heterocycles. The molecule has 0 saturated carbocycles. The van der Waals surface area contributed by atoms with Gasteiger partial charge in [0.1, 0.15) is 11.6 Å². The Balaban J connectivity index is 1.70. The van der Waals surface area contributed by atoms with Crippen molar-refractivity contribution in [3.63, 3.8) is 0 Å². The molecule has 1 atom stereocenters. The maximum atomic E-state index is 6.08. The Labute approximate surface area is 137 Å². The van der Waals surface area contributed by atoms with Crippen molar-refractivity contribution in [2.75, 3.05) is 44.7 Å². The third-order valence-electron chi connectivity index (χ3n) is 4.45. The zero-order valence-corrected chi connectivity index (χ0v) is 13.6. The molecule has 2 N–H and O–H groups in total. The van der Waals surface area contributed by atoms with Crippen LogP contribution in [-0.2, 0) is 0 Å². The van der Waals surface area contributed by atoms with Gasteiger partial charge in [0, 0.05) is 44.5 Å². The van der Waals surface area contributed by atoms with Gasteiger partial charge in [-0.3, -0.25) is 4.90 Å². The van der Waals surface area contributed by atoms with E-state index in [1.807, 2.05) is 36.5 Å². The minimum absolute atomic E-state index is 0.192. The first-order valence-electron chi connectivity index (χ1n) is 8.06. The smallest absolute Gasteiger partial charge is 0.128 e. The predicted molar refractivity (Wildman–Crippen MR) is 92.8 cm³/mol. The van der Waals surface area contributed by atoms with Gasteiger partial charge in [0.05, 0.1) is 13.2 Å². The standard InChI is InChI=1S/C18H24N4O/c1-23-17-7-3-2-6-15(17)16(14-19)21-10-12-22(13-11-21)18-8-4-5-9-20-18/h2-9,16H,10-14,19H2,1H3. The normalized spacial score (nSPS) is 17.0. The molecule has 1 fully saturated rings. The first-order chi connectivity index (χ1) is 11.3. The Morgan fingerprint density at radius 2 is 1.83 bits per heavy atom. The fourth-order valence-corrected chi connectivity index (χ4v) is 3.22. The lowest BCUT2D eigenvalue weighted by molar-refractivity contribution is 0.186. The summed E-state index contributed by atoms with van der Waals surface area (Å²) in [5, 5.41) is 0. The number of anilines is 1. The Morgan fingerprint density at radius 1 is 1.09 bits per heavy atom. The third-order valence-corrected chi connectivity index (χ3v) is 4.45. The lowest BCUT2D eigenvalue weighted by Gasteiger charge is -2.39. The number of para-hydroxylation sites is 1. The van der Waals surface area contributed by atoms with Crippen molar-refractivity contribution in [1.29, 1.82) is 0 Å². The van der Waals surface area contributed by atoms with Gasteiger partial charge in [-0.15, -0.1) is 0 Å². The molecule has 1 aromatic carbocycles. The van der Waals surface area contributed by atoms with E-state index in [0.29, 0.717) is 6.54 Å². The number of pyridine rings is 1. The van der Waals surface area contributed by atoms with Crippen LogP contribution in [0.2, 0.25) is 0 Å². The van der Waals surface area contributed by atoms with Crippen LogP contribution in [-0.4, -0.2) is 49.7 Å². The molecule has 1 saturated heterocycles. The average Bonchev–Trinajstić information content (AvgIpc) is 2.64. The highest BCUT2D eigenvalue weighted by atomic mass is 16.5. The van der Waals surface area contributed by atoms with E-state index in [4.69, 9.17) is 10.5 Å². The minimum atomic E-state index is 0.192. The SMILES string of the molecule is COc1ccccc1C(CN)N1CCN(c2ccccn2)CC1. The highest BCUT2D eigenvalue weighted by Gasteiger charge is 2.26. The van der Waals surface area contributed by atoms with Crippen LogP contribution >= 0.6 is 0 Å². The van der Waals surface area contributed by atoms with E-state index in [0.717, 1.165) is 37.7 Å². The van der Waals surface area contributed by atoms with Crippen molar-refractivity contribution in [2.45, 2.75) is 6.04 Å². The number of aromatic nitrogens is 1. The van der Waals surface area contributed by atoms with Crippen LogP contribution in [0, 0.1) is 0 Å². The average molecular weight is 312 g/mol. The lowest BCUT2D eigenvalue weighted by atomic mass is 10.0. The van der Waals surface area contributed by atoms with E-state index >= 15 is 0 Å². The second-order valence-electron chi connectivity index (χ2n) is 5.70. The van der Waals surface area contributed by atoms with Gasteiger partial charge in [-0.25, -0.2) is 4.98 Å². The zero-order valence-electron chi connectivity index (χ0n) is 13.6. The highest BCUT2D eigenvalue weighted by Crippen LogP contribution is 2.29. The van der Waals surface area contributed by atoms with Gasteiger partial charge in [0.25, 0.3) is 0 Å². The summed E-state index contributed by atoms with van der Waals surface area (Å²) in [4.78, 5) is 9.21. The van der Waals surface area contributed by atoms with Crippen LogP contribution < -0.4 is 15.4 Å². The second-order valence-corrected chi connectivity index (χ2v) is 5.70. The van der Waals surface area contributed by atoms with E-state index in [1.165, 1.54) is 5.56 Å². The molecule has 0 bridgehead atoms. The molecular formula is C18H24N4O. The van der Waals surface area contributed by atoms with Crippen molar-refractivity contribution in [1.82, 2.24) is 9.88 Å². The van der Waals surface area contributed by atoms with E-state index < -0.39 is 0 Å². The summed E-state index contributed by atoms with van der Waals surface area (Å²) in [7, 11) is 1.71. The van der Waals surface area contributed by atoms with Crippen molar-refractivity contribution in [2.24, 2.45) is 5.73 Å². The second kappa shape index (κ2) is 7.44. The molecule has 2 heterocycles. The fourth-order valence-electron chi connectivity index (χ4n) is 3.22. The Bertz CT molecular complexity index is 611. The third kappa shape index (κ3) is 3.46. The topological polar surface area (TPSA) is 54.6 Å². The molecule has 23 heavy (non-hydrogen) atoms. The Hall–Kier alpha value is -2.11. The van der Waals surface area contributed by atoms with Crippen LogP contribution in [0.3, 0.4) is 0 Å². The van der Waals surface area contributed by atoms with Crippen LogP contribution in [0.1, 0.15) is 11.6 Å². The summed E-state index contributed by atoms with van der Waals surface area (Å²) in [5.41, 5.74) is 7.25. The fraction of sp³-hybridized carbons (Fsp3) is 0.389.